The molecule has 2 heterocycles. The topological polar surface area (TPSA) is 57.8 Å². The lowest BCUT2D eigenvalue weighted by atomic mass is 10.1. The predicted molar refractivity (Wildman–Crippen MR) is 71.8 cm³/mol. The van der Waals surface area contributed by atoms with Crippen LogP contribution in [-0.2, 0) is 6.42 Å². The van der Waals surface area contributed by atoms with Gasteiger partial charge in [-0.1, -0.05) is 0 Å². The summed E-state index contributed by atoms with van der Waals surface area (Å²) in [4.78, 5) is 19.2. The first-order valence-corrected chi connectivity index (χ1v) is 6.29. The lowest BCUT2D eigenvalue weighted by molar-refractivity contribution is 0.618. The normalized spacial score (nSPS) is 13.8. The fourth-order valence-electron chi connectivity index (χ4n) is 2.28. The van der Waals surface area contributed by atoms with Gasteiger partial charge >= 0.3 is 0 Å². The van der Waals surface area contributed by atoms with Crippen LogP contribution in [0, 0.1) is 12.7 Å². The molecule has 1 aliphatic rings. The summed E-state index contributed by atoms with van der Waals surface area (Å²) < 4.78 is 13.3. The summed E-state index contributed by atoms with van der Waals surface area (Å²) in [6.45, 7) is 2.51. The van der Waals surface area contributed by atoms with Gasteiger partial charge in [0.2, 0.25) is 0 Å². The monoisotopic (exact) mass is 259 g/mol. The Bertz CT molecular complexity index is 694. The van der Waals surface area contributed by atoms with E-state index in [1.807, 2.05) is 0 Å². The Kier molecular flexibility index (Phi) is 2.81. The maximum absolute atomic E-state index is 13.3. The molecule has 1 aromatic heterocycles. The van der Waals surface area contributed by atoms with Crippen LogP contribution in [0.15, 0.2) is 23.0 Å². The molecule has 1 aliphatic heterocycles. The van der Waals surface area contributed by atoms with Crippen molar-refractivity contribution in [1.29, 1.82) is 0 Å². The van der Waals surface area contributed by atoms with Gasteiger partial charge in [-0.05, 0) is 43.5 Å². The molecule has 4 nitrogen and oxygen atoms in total. The Morgan fingerprint density at radius 1 is 1.37 bits per heavy atom. The molecule has 19 heavy (non-hydrogen) atoms. The minimum atomic E-state index is -0.262. The van der Waals surface area contributed by atoms with Gasteiger partial charge in [-0.25, -0.2) is 9.37 Å². The summed E-state index contributed by atoms with van der Waals surface area (Å²) >= 11 is 0. The van der Waals surface area contributed by atoms with Gasteiger partial charge < -0.3 is 10.3 Å². The van der Waals surface area contributed by atoms with Gasteiger partial charge in [0.05, 0.1) is 5.56 Å². The number of aromatic amines is 1. The van der Waals surface area contributed by atoms with E-state index in [-0.39, 0.29) is 11.4 Å². The van der Waals surface area contributed by atoms with Gasteiger partial charge in [-0.3, -0.25) is 4.79 Å². The van der Waals surface area contributed by atoms with Crippen LogP contribution >= 0.6 is 0 Å². The largest absolute Gasteiger partial charge is 0.370 e. The number of benzene rings is 1. The number of anilines is 1. The van der Waals surface area contributed by atoms with Crippen molar-refractivity contribution in [1.82, 2.24) is 9.97 Å². The molecular weight excluding hydrogens is 245 g/mol. The Labute approximate surface area is 109 Å². The van der Waals surface area contributed by atoms with E-state index in [9.17, 15) is 9.18 Å². The number of aromatic nitrogens is 2. The van der Waals surface area contributed by atoms with Gasteiger partial charge in [0, 0.05) is 12.1 Å². The van der Waals surface area contributed by atoms with Crippen molar-refractivity contribution in [3.63, 3.8) is 0 Å². The van der Waals surface area contributed by atoms with Crippen LogP contribution in [0.3, 0.4) is 0 Å². The van der Waals surface area contributed by atoms with Crippen molar-refractivity contribution in [2.75, 3.05) is 11.9 Å². The lowest BCUT2D eigenvalue weighted by Gasteiger charge is -2.16. The fraction of sp³-hybridized carbons (Fsp3) is 0.286. The molecule has 0 bridgehead atoms. The summed E-state index contributed by atoms with van der Waals surface area (Å²) in [6, 6.07) is 4.69. The maximum Gasteiger partial charge on any atom is 0.256 e. The Morgan fingerprint density at radius 2 is 2.21 bits per heavy atom. The van der Waals surface area contributed by atoms with Crippen LogP contribution in [0.2, 0.25) is 0 Å². The first kappa shape index (κ1) is 11.9. The van der Waals surface area contributed by atoms with E-state index < -0.39 is 0 Å². The van der Waals surface area contributed by atoms with Crippen LogP contribution in [-0.4, -0.2) is 16.5 Å². The third-order valence-corrected chi connectivity index (χ3v) is 3.34. The molecule has 5 heteroatoms. The van der Waals surface area contributed by atoms with Gasteiger partial charge in [0.15, 0.2) is 0 Å². The maximum atomic E-state index is 13.3. The molecule has 0 saturated heterocycles. The van der Waals surface area contributed by atoms with Crippen LogP contribution in [0.1, 0.15) is 17.5 Å². The molecule has 0 aliphatic carbocycles. The van der Waals surface area contributed by atoms with Crippen LogP contribution < -0.4 is 10.9 Å². The van der Waals surface area contributed by atoms with E-state index in [4.69, 9.17) is 0 Å². The van der Waals surface area contributed by atoms with E-state index in [0.29, 0.717) is 28.3 Å². The molecule has 2 aromatic rings. The second-order valence-electron chi connectivity index (χ2n) is 4.74. The molecule has 0 atom stereocenters. The summed E-state index contributed by atoms with van der Waals surface area (Å²) in [6.07, 6.45) is 1.68. The standard InChI is InChI=1S/C14H14FN3O/c1-8-7-9(4-5-11(8)15)12-17-13-10(14(19)18-12)3-2-6-16-13/h4-5,7H,2-3,6H2,1H3,(H2,16,17,18,19). The molecule has 2 N–H and O–H groups in total. The number of hydrogen-bond donors (Lipinski definition) is 2. The fourth-order valence-corrected chi connectivity index (χ4v) is 2.28. The van der Waals surface area contributed by atoms with Crippen LogP contribution in [0.4, 0.5) is 10.2 Å². The highest BCUT2D eigenvalue weighted by Crippen LogP contribution is 2.21. The van der Waals surface area contributed by atoms with E-state index >= 15 is 0 Å². The van der Waals surface area contributed by atoms with Gasteiger partial charge in [0.1, 0.15) is 17.5 Å². The molecule has 0 unspecified atom stereocenters. The number of H-pyrrole nitrogens is 1. The summed E-state index contributed by atoms with van der Waals surface area (Å²) in [5.41, 5.74) is 1.83. The molecule has 0 amide bonds. The number of fused-ring (bicyclic) bond motifs is 1. The molecule has 0 fully saturated rings. The van der Waals surface area contributed by atoms with Gasteiger partial charge in [-0.15, -0.1) is 0 Å². The Hall–Kier alpha value is -2.17. The van der Waals surface area contributed by atoms with E-state index in [2.05, 4.69) is 15.3 Å². The van der Waals surface area contributed by atoms with Crippen LogP contribution in [0.25, 0.3) is 11.4 Å². The molecular formula is C14H14FN3O. The zero-order valence-corrected chi connectivity index (χ0v) is 10.6. The van der Waals surface area contributed by atoms with Gasteiger partial charge in [-0.2, -0.15) is 0 Å². The van der Waals surface area contributed by atoms with Crippen molar-refractivity contribution in [2.24, 2.45) is 0 Å². The van der Waals surface area contributed by atoms with Crippen molar-refractivity contribution in [2.45, 2.75) is 19.8 Å². The zero-order chi connectivity index (χ0) is 13.4. The van der Waals surface area contributed by atoms with E-state index in [1.54, 1.807) is 19.1 Å². The summed E-state index contributed by atoms with van der Waals surface area (Å²) in [7, 11) is 0. The minimum Gasteiger partial charge on any atom is -0.370 e. The minimum absolute atomic E-state index is 0.117. The number of aryl methyl sites for hydroxylation is 1. The second-order valence-corrected chi connectivity index (χ2v) is 4.74. The first-order chi connectivity index (χ1) is 9.15. The average molecular weight is 259 g/mol. The van der Waals surface area contributed by atoms with Crippen LogP contribution in [0.5, 0.6) is 0 Å². The summed E-state index contributed by atoms with van der Waals surface area (Å²) in [5, 5.41) is 3.13. The molecule has 98 valence electrons. The Morgan fingerprint density at radius 3 is 3.00 bits per heavy atom. The van der Waals surface area contributed by atoms with Crippen molar-refractivity contribution in [3.8, 4) is 11.4 Å². The molecule has 0 saturated carbocycles. The number of nitrogens with one attached hydrogen (secondary N) is 2. The molecule has 0 spiro atoms. The Balaban J connectivity index is 2.12. The SMILES string of the molecule is Cc1cc(-c2nc3c(c(=O)[nH]2)CCCN3)ccc1F. The predicted octanol–water partition coefficient (Wildman–Crippen LogP) is 2.24. The average Bonchev–Trinajstić information content (AvgIpc) is 2.42. The highest BCUT2D eigenvalue weighted by atomic mass is 19.1. The van der Waals surface area contributed by atoms with E-state index in [1.165, 1.54) is 6.07 Å². The van der Waals surface area contributed by atoms with E-state index in [0.717, 1.165) is 19.4 Å². The van der Waals surface area contributed by atoms with Crippen molar-refractivity contribution >= 4 is 5.82 Å². The molecule has 1 aromatic carbocycles. The second kappa shape index (κ2) is 4.50. The van der Waals surface area contributed by atoms with Crippen molar-refractivity contribution < 1.29 is 4.39 Å². The molecule has 0 radical (unpaired) electrons. The van der Waals surface area contributed by atoms with Crippen molar-refractivity contribution in [3.05, 3.63) is 45.5 Å². The molecule has 3 rings (SSSR count). The lowest BCUT2D eigenvalue weighted by Crippen LogP contribution is -2.24. The quantitative estimate of drug-likeness (QED) is 0.825. The first-order valence-electron chi connectivity index (χ1n) is 6.29. The highest BCUT2D eigenvalue weighted by molar-refractivity contribution is 5.59. The van der Waals surface area contributed by atoms with Gasteiger partial charge in [0.25, 0.3) is 5.56 Å². The number of nitrogens with zero attached hydrogens (tertiary/aromatic N) is 1. The third-order valence-electron chi connectivity index (χ3n) is 3.34. The number of rotatable bonds is 1. The summed E-state index contributed by atoms with van der Waals surface area (Å²) in [5.74, 6) is 0.857. The highest BCUT2D eigenvalue weighted by Gasteiger charge is 2.15. The zero-order valence-electron chi connectivity index (χ0n) is 10.6. The smallest absolute Gasteiger partial charge is 0.256 e. The number of halogens is 1. The third kappa shape index (κ3) is 2.12. The number of hydrogen-bond acceptors (Lipinski definition) is 3.